The van der Waals surface area contributed by atoms with Crippen molar-refractivity contribution in [2.45, 2.75) is 18.6 Å². The monoisotopic (exact) mass is 302 g/mol. The van der Waals surface area contributed by atoms with E-state index in [4.69, 9.17) is 4.74 Å². The molecule has 1 aliphatic rings. The molecule has 2 heterocycles. The van der Waals surface area contributed by atoms with E-state index < -0.39 is 17.4 Å². The Morgan fingerprint density at radius 3 is 3.00 bits per heavy atom. The molecule has 1 aliphatic heterocycles. The van der Waals surface area contributed by atoms with Crippen LogP contribution in [0.15, 0.2) is 5.38 Å². The molecule has 0 bridgehead atoms. The molecule has 1 aromatic rings. The average molecular weight is 302 g/mol. The summed E-state index contributed by atoms with van der Waals surface area (Å²) < 4.78 is 4.93. The Bertz CT molecular complexity index is 483. The van der Waals surface area contributed by atoms with Gasteiger partial charge in [-0.3, -0.25) is 4.79 Å². The van der Waals surface area contributed by atoms with Gasteiger partial charge in [0.2, 0.25) is 0 Å². The van der Waals surface area contributed by atoms with Crippen molar-refractivity contribution in [1.29, 1.82) is 0 Å². The Labute approximate surface area is 118 Å². The van der Waals surface area contributed by atoms with Gasteiger partial charge in [-0.1, -0.05) is 0 Å². The van der Waals surface area contributed by atoms with Gasteiger partial charge >= 0.3 is 5.97 Å². The molecule has 1 atom stereocenters. The van der Waals surface area contributed by atoms with Gasteiger partial charge in [0, 0.05) is 18.2 Å². The zero-order valence-electron chi connectivity index (χ0n) is 10.3. The highest BCUT2D eigenvalue weighted by Gasteiger charge is 2.43. The zero-order valence-corrected chi connectivity index (χ0v) is 12.0. The van der Waals surface area contributed by atoms with Gasteiger partial charge in [0.15, 0.2) is 0 Å². The number of rotatable bonds is 5. The normalized spacial score (nSPS) is 22.4. The fourth-order valence-corrected chi connectivity index (χ4v) is 3.84. The summed E-state index contributed by atoms with van der Waals surface area (Å²) in [6, 6.07) is 0. The van der Waals surface area contributed by atoms with Crippen LogP contribution in [0.25, 0.3) is 0 Å². The molecular weight excluding hydrogens is 288 g/mol. The number of hydrogen-bond donors (Lipinski definition) is 2. The summed E-state index contributed by atoms with van der Waals surface area (Å²) in [7, 11) is 1.55. The average Bonchev–Trinajstić information content (AvgIpc) is 2.99. The number of carboxylic acid groups (broad SMARTS) is 1. The Hall–Kier alpha value is -1.12. The molecule has 104 valence electrons. The predicted octanol–water partition coefficient (Wildman–Crippen LogP) is 0.980. The first-order chi connectivity index (χ1) is 9.07. The maximum absolute atomic E-state index is 12.0. The summed E-state index contributed by atoms with van der Waals surface area (Å²) >= 11 is 2.84. The van der Waals surface area contributed by atoms with Gasteiger partial charge in [-0.2, -0.15) is 11.8 Å². The van der Waals surface area contributed by atoms with Crippen LogP contribution in [0.1, 0.15) is 21.9 Å². The van der Waals surface area contributed by atoms with Crippen LogP contribution in [0.4, 0.5) is 0 Å². The topological polar surface area (TPSA) is 88.5 Å². The first-order valence-corrected chi connectivity index (χ1v) is 7.68. The number of hydrogen-bond acceptors (Lipinski definition) is 6. The molecule has 0 spiro atoms. The van der Waals surface area contributed by atoms with E-state index in [1.807, 2.05) is 0 Å². The lowest BCUT2D eigenvalue weighted by molar-refractivity contribution is -0.143. The number of thiazole rings is 1. The number of nitrogens with one attached hydrogen (secondary N) is 1. The van der Waals surface area contributed by atoms with Crippen molar-refractivity contribution < 1.29 is 19.4 Å². The Morgan fingerprint density at radius 1 is 1.63 bits per heavy atom. The van der Waals surface area contributed by atoms with Crippen molar-refractivity contribution in [1.82, 2.24) is 10.3 Å². The number of ether oxygens (including phenoxy) is 1. The van der Waals surface area contributed by atoms with Gasteiger partial charge in [-0.15, -0.1) is 11.3 Å². The minimum atomic E-state index is -1.16. The number of carboxylic acids is 1. The highest BCUT2D eigenvalue weighted by atomic mass is 32.2. The number of aromatic nitrogens is 1. The first-order valence-electron chi connectivity index (χ1n) is 5.64. The van der Waals surface area contributed by atoms with E-state index in [0.29, 0.717) is 23.8 Å². The van der Waals surface area contributed by atoms with Crippen molar-refractivity contribution >= 4 is 35.0 Å². The van der Waals surface area contributed by atoms with E-state index in [2.05, 4.69) is 10.3 Å². The number of carbonyl (C=O) groups excluding carboxylic acids is 1. The molecule has 1 saturated heterocycles. The molecule has 0 aromatic carbocycles. The molecule has 19 heavy (non-hydrogen) atoms. The number of aliphatic carboxylic acids is 1. The summed E-state index contributed by atoms with van der Waals surface area (Å²) in [5.74, 6) is -0.302. The molecular formula is C11H14N2O4S2. The lowest BCUT2D eigenvalue weighted by Gasteiger charge is -2.23. The van der Waals surface area contributed by atoms with Crippen LogP contribution in [-0.2, 0) is 16.1 Å². The lowest BCUT2D eigenvalue weighted by atomic mass is 9.99. The van der Waals surface area contributed by atoms with Crippen molar-refractivity contribution in [3.8, 4) is 0 Å². The molecule has 1 aromatic heterocycles. The third-order valence-corrected chi connectivity index (χ3v) is 4.85. The standard InChI is InChI=1S/C11H14N2O4S2/c1-17-4-8-12-7(5-19-8)9(14)13-11(10(15)16)2-3-18-6-11/h5H,2-4,6H2,1H3,(H,13,14)(H,15,16). The van der Waals surface area contributed by atoms with Gasteiger partial charge in [0.1, 0.15) is 16.2 Å². The molecule has 1 fully saturated rings. The minimum Gasteiger partial charge on any atom is -0.479 e. The van der Waals surface area contributed by atoms with E-state index in [1.165, 1.54) is 23.1 Å². The van der Waals surface area contributed by atoms with Gasteiger partial charge < -0.3 is 15.2 Å². The first kappa shape index (κ1) is 14.3. The van der Waals surface area contributed by atoms with Crippen LogP contribution in [0.3, 0.4) is 0 Å². The highest BCUT2D eigenvalue weighted by Crippen LogP contribution is 2.28. The molecule has 8 heteroatoms. The van der Waals surface area contributed by atoms with Gasteiger partial charge in [0.25, 0.3) is 5.91 Å². The summed E-state index contributed by atoms with van der Waals surface area (Å²) in [5.41, 5.74) is -0.915. The van der Waals surface area contributed by atoms with E-state index in [1.54, 1.807) is 12.5 Å². The van der Waals surface area contributed by atoms with Crippen molar-refractivity contribution in [3.05, 3.63) is 16.1 Å². The van der Waals surface area contributed by atoms with Crippen LogP contribution in [0.5, 0.6) is 0 Å². The second kappa shape index (κ2) is 5.89. The largest absolute Gasteiger partial charge is 0.479 e. The molecule has 0 saturated carbocycles. The highest BCUT2D eigenvalue weighted by molar-refractivity contribution is 7.99. The van der Waals surface area contributed by atoms with Gasteiger partial charge in [0.05, 0.1) is 6.61 Å². The van der Waals surface area contributed by atoms with Crippen molar-refractivity contribution in [2.24, 2.45) is 0 Å². The molecule has 0 aliphatic carbocycles. The van der Waals surface area contributed by atoms with Crippen LogP contribution < -0.4 is 5.32 Å². The third kappa shape index (κ3) is 3.07. The number of thioether (sulfide) groups is 1. The second-order valence-corrected chi connectivity index (χ2v) is 6.25. The van der Waals surface area contributed by atoms with Gasteiger partial charge in [-0.05, 0) is 12.2 Å². The van der Waals surface area contributed by atoms with Crippen LogP contribution in [0, 0.1) is 0 Å². The minimum absolute atomic E-state index is 0.245. The lowest BCUT2D eigenvalue weighted by Crippen LogP contribution is -2.54. The summed E-state index contributed by atoms with van der Waals surface area (Å²) in [5, 5.41) is 14.2. The van der Waals surface area contributed by atoms with E-state index in [9.17, 15) is 14.7 Å². The molecule has 2 N–H and O–H groups in total. The number of methoxy groups -OCH3 is 1. The Kier molecular flexibility index (Phi) is 4.43. The fourth-order valence-electron chi connectivity index (χ4n) is 1.77. The van der Waals surface area contributed by atoms with Crippen LogP contribution in [-0.4, -0.2) is 46.1 Å². The second-order valence-electron chi connectivity index (χ2n) is 4.20. The molecule has 2 rings (SSSR count). The number of nitrogens with zero attached hydrogens (tertiary/aromatic N) is 1. The van der Waals surface area contributed by atoms with E-state index >= 15 is 0 Å². The van der Waals surface area contributed by atoms with Crippen LogP contribution in [0.2, 0.25) is 0 Å². The quantitative estimate of drug-likeness (QED) is 0.843. The Balaban J connectivity index is 2.08. The SMILES string of the molecule is COCc1nc(C(=O)NC2(C(=O)O)CCSC2)cs1. The van der Waals surface area contributed by atoms with E-state index in [-0.39, 0.29) is 5.69 Å². The zero-order chi connectivity index (χ0) is 13.9. The predicted molar refractivity (Wildman–Crippen MR) is 72.6 cm³/mol. The molecule has 6 nitrogen and oxygen atoms in total. The van der Waals surface area contributed by atoms with E-state index in [0.717, 1.165) is 5.75 Å². The van der Waals surface area contributed by atoms with Crippen molar-refractivity contribution in [3.63, 3.8) is 0 Å². The molecule has 0 radical (unpaired) electrons. The fraction of sp³-hybridized carbons (Fsp3) is 0.545. The van der Waals surface area contributed by atoms with Crippen molar-refractivity contribution in [2.75, 3.05) is 18.6 Å². The molecule has 1 amide bonds. The number of amides is 1. The van der Waals surface area contributed by atoms with Gasteiger partial charge in [-0.25, -0.2) is 9.78 Å². The summed E-state index contributed by atoms with van der Waals surface area (Å²) in [6.07, 6.45) is 0.438. The number of carbonyl (C=O) groups is 2. The third-order valence-electron chi connectivity index (χ3n) is 2.84. The summed E-state index contributed by atoms with van der Waals surface area (Å²) in [4.78, 5) is 27.5. The maximum atomic E-state index is 12.0. The maximum Gasteiger partial charge on any atom is 0.330 e. The summed E-state index contributed by atoms with van der Waals surface area (Å²) in [6.45, 7) is 0.345. The molecule has 1 unspecified atom stereocenters. The van der Waals surface area contributed by atoms with Crippen LogP contribution >= 0.6 is 23.1 Å². The smallest absolute Gasteiger partial charge is 0.330 e. The Morgan fingerprint density at radius 2 is 2.42 bits per heavy atom.